The number of benzene rings is 3. The lowest BCUT2D eigenvalue weighted by molar-refractivity contribution is -0.116. The summed E-state index contributed by atoms with van der Waals surface area (Å²) >= 11 is 0. The highest BCUT2D eigenvalue weighted by atomic mass is 32.2. The SMILES string of the molecule is O=C(Nc1ccc(S(=O)(=O)NC[C@H]2CCCO2)cc1)C1c2ccccc2Oc2ccccc21. The van der Waals surface area contributed by atoms with Crippen LogP contribution in [0.1, 0.15) is 29.9 Å². The molecule has 33 heavy (non-hydrogen) atoms. The molecule has 1 fully saturated rings. The molecule has 8 heteroatoms. The van der Waals surface area contributed by atoms with Gasteiger partial charge in [-0.05, 0) is 49.2 Å². The molecule has 2 N–H and O–H groups in total. The molecule has 0 spiro atoms. The first kappa shape index (κ1) is 21.6. The van der Waals surface area contributed by atoms with Crippen molar-refractivity contribution < 1.29 is 22.7 Å². The summed E-state index contributed by atoms with van der Waals surface area (Å²) in [6, 6.07) is 21.1. The van der Waals surface area contributed by atoms with Crippen molar-refractivity contribution in [3.8, 4) is 11.5 Å². The van der Waals surface area contributed by atoms with Crippen molar-refractivity contribution in [3.05, 3.63) is 83.9 Å². The lowest BCUT2D eigenvalue weighted by atomic mass is 9.87. The standard InChI is InChI=1S/C25H24N2O5S/c28-25(24-20-7-1-3-9-22(20)32-23-10-4-2-8-21(23)24)27-17-11-13-19(14-12-17)33(29,30)26-16-18-6-5-15-31-18/h1-4,7-14,18,24,26H,5-6,15-16H2,(H,27,28)/t18-/m1/s1. The normalized spacial score (nSPS) is 17.6. The van der Waals surface area contributed by atoms with Gasteiger partial charge in [-0.2, -0.15) is 0 Å². The van der Waals surface area contributed by atoms with Crippen LogP contribution in [0, 0.1) is 0 Å². The van der Waals surface area contributed by atoms with E-state index in [1.807, 2.05) is 48.5 Å². The number of carbonyl (C=O) groups is 1. The first-order valence-corrected chi connectivity index (χ1v) is 12.4. The highest BCUT2D eigenvalue weighted by Crippen LogP contribution is 2.44. The van der Waals surface area contributed by atoms with Crippen molar-refractivity contribution in [1.29, 1.82) is 0 Å². The van der Waals surface area contributed by atoms with E-state index in [0.717, 1.165) is 24.0 Å². The first-order chi connectivity index (χ1) is 16.0. The van der Waals surface area contributed by atoms with Crippen LogP contribution in [0.3, 0.4) is 0 Å². The summed E-state index contributed by atoms with van der Waals surface area (Å²) < 4.78 is 39.2. The Balaban J connectivity index is 1.33. The van der Waals surface area contributed by atoms with E-state index in [2.05, 4.69) is 10.0 Å². The summed E-state index contributed by atoms with van der Waals surface area (Å²) in [6.45, 7) is 0.923. The number of anilines is 1. The molecule has 0 unspecified atom stereocenters. The molecular weight excluding hydrogens is 440 g/mol. The van der Waals surface area contributed by atoms with Gasteiger partial charge in [-0.3, -0.25) is 4.79 Å². The van der Waals surface area contributed by atoms with Crippen LogP contribution in [0.25, 0.3) is 0 Å². The lowest BCUT2D eigenvalue weighted by Crippen LogP contribution is -2.31. The second-order valence-corrected chi connectivity index (χ2v) is 9.88. The number of rotatable bonds is 6. The third kappa shape index (κ3) is 4.50. The Morgan fingerprint density at radius 3 is 2.15 bits per heavy atom. The molecule has 0 aromatic heterocycles. The molecule has 2 aliphatic rings. The summed E-state index contributed by atoms with van der Waals surface area (Å²) in [5.41, 5.74) is 2.08. The number of para-hydroxylation sites is 2. The Morgan fingerprint density at radius 2 is 1.55 bits per heavy atom. The Morgan fingerprint density at radius 1 is 0.909 bits per heavy atom. The zero-order chi connectivity index (χ0) is 22.8. The van der Waals surface area contributed by atoms with Crippen molar-refractivity contribution in [2.24, 2.45) is 0 Å². The maximum Gasteiger partial charge on any atom is 0.240 e. The van der Waals surface area contributed by atoms with Crippen molar-refractivity contribution >= 4 is 21.6 Å². The number of ether oxygens (including phenoxy) is 2. The highest BCUT2D eigenvalue weighted by Gasteiger charge is 2.32. The Kier molecular flexibility index (Phi) is 5.88. The average Bonchev–Trinajstić information content (AvgIpc) is 3.35. The van der Waals surface area contributed by atoms with E-state index in [1.165, 1.54) is 12.1 Å². The minimum absolute atomic E-state index is 0.0800. The summed E-state index contributed by atoms with van der Waals surface area (Å²) in [5.74, 6) is 0.540. The van der Waals surface area contributed by atoms with Crippen molar-refractivity contribution in [1.82, 2.24) is 4.72 Å². The number of hydrogen-bond donors (Lipinski definition) is 2. The fourth-order valence-electron chi connectivity index (χ4n) is 4.22. The summed E-state index contributed by atoms with van der Waals surface area (Å²) in [7, 11) is -3.65. The number of fused-ring (bicyclic) bond motifs is 2. The van der Waals surface area contributed by atoms with Crippen LogP contribution >= 0.6 is 0 Å². The van der Waals surface area contributed by atoms with Gasteiger partial charge in [-0.25, -0.2) is 13.1 Å². The minimum Gasteiger partial charge on any atom is -0.457 e. The summed E-state index contributed by atoms with van der Waals surface area (Å²) in [4.78, 5) is 13.5. The monoisotopic (exact) mass is 464 g/mol. The number of hydrogen-bond acceptors (Lipinski definition) is 5. The topological polar surface area (TPSA) is 93.7 Å². The van der Waals surface area contributed by atoms with Crippen LogP contribution in [0.5, 0.6) is 11.5 Å². The van der Waals surface area contributed by atoms with E-state index in [9.17, 15) is 13.2 Å². The van der Waals surface area contributed by atoms with E-state index in [1.54, 1.807) is 12.1 Å². The van der Waals surface area contributed by atoms with Crippen molar-refractivity contribution in [2.45, 2.75) is 29.8 Å². The molecule has 0 radical (unpaired) electrons. The summed E-state index contributed by atoms with van der Waals surface area (Å²) in [6.07, 6.45) is 1.72. The predicted molar refractivity (Wildman–Crippen MR) is 124 cm³/mol. The highest BCUT2D eigenvalue weighted by molar-refractivity contribution is 7.89. The molecule has 0 bridgehead atoms. The van der Waals surface area contributed by atoms with Crippen LogP contribution in [0.2, 0.25) is 0 Å². The van der Waals surface area contributed by atoms with Crippen LogP contribution in [-0.4, -0.2) is 33.6 Å². The third-order valence-corrected chi connectivity index (χ3v) is 7.34. The van der Waals surface area contributed by atoms with Gasteiger partial charge in [0, 0.05) is 30.0 Å². The van der Waals surface area contributed by atoms with Crippen LogP contribution in [0.15, 0.2) is 77.7 Å². The van der Waals surface area contributed by atoms with E-state index < -0.39 is 15.9 Å². The number of sulfonamides is 1. The molecule has 7 nitrogen and oxygen atoms in total. The largest absolute Gasteiger partial charge is 0.457 e. The maximum atomic E-state index is 13.3. The van der Waals surface area contributed by atoms with Gasteiger partial charge in [0.05, 0.1) is 16.9 Å². The second kappa shape index (κ2) is 8.97. The van der Waals surface area contributed by atoms with Gasteiger partial charge in [-0.15, -0.1) is 0 Å². The van der Waals surface area contributed by atoms with Gasteiger partial charge >= 0.3 is 0 Å². The average molecular weight is 465 g/mol. The van der Waals surface area contributed by atoms with Gasteiger partial charge < -0.3 is 14.8 Å². The molecule has 2 heterocycles. The number of carbonyl (C=O) groups excluding carboxylic acids is 1. The molecular formula is C25H24N2O5S. The molecule has 2 aliphatic heterocycles. The van der Waals surface area contributed by atoms with Crippen LogP contribution < -0.4 is 14.8 Å². The molecule has 1 amide bonds. The van der Waals surface area contributed by atoms with Crippen LogP contribution in [0.4, 0.5) is 5.69 Å². The summed E-state index contributed by atoms with van der Waals surface area (Å²) in [5, 5.41) is 2.92. The quantitative estimate of drug-likeness (QED) is 0.575. The van der Waals surface area contributed by atoms with Crippen LogP contribution in [-0.2, 0) is 19.6 Å². The minimum atomic E-state index is -3.65. The Bertz CT molecular complexity index is 1220. The number of nitrogens with one attached hydrogen (secondary N) is 2. The fraction of sp³-hybridized carbons (Fsp3) is 0.240. The Hall–Kier alpha value is -3.20. The van der Waals surface area contributed by atoms with E-state index >= 15 is 0 Å². The van der Waals surface area contributed by atoms with Gasteiger partial charge in [0.15, 0.2) is 0 Å². The maximum absolute atomic E-state index is 13.3. The number of amides is 1. The molecule has 0 aliphatic carbocycles. The fourth-order valence-corrected chi connectivity index (χ4v) is 5.28. The predicted octanol–water partition coefficient (Wildman–Crippen LogP) is 4.02. The molecule has 1 saturated heterocycles. The van der Waals surface area contributed by atoms with E-state index in [-0.39, 0.29) is 23.5 Å². The zero-order valence-electron chi connectivity index (χ0n) is 17.9. The molecule has 1 atom stereocenters. The van der Waals surface area contributed by atoms with Gasteiger partial charge in [0.1, 0.15) is 11.5 Å². The van der Waals surface area contributed by atoms with Gasteiger partial charge in [-0.1, -0.05) is 36.4 Å². The molecule has 3 aromatic rings. The van der Waals surface area contributed by atoms with Gasteiger partial charge in [0.2, 0.25) is 15.9 Å². The first-order valence-electron chi connectivity index (χ1n) is 10.9. The van der Waals surface area contributed by atoms with Crippen molar-refractivity contribution in [3.63, 3.8) is 0 Å². The van der Waals surface area contributed by atoms with Crippen molar-refractivity contribution in [2.75, 3.05) is 18.5 Å². The molecule has 5 rings (SSSR count). The second-order valence-electron chi connectivity index (χ2n) is 8.11. The molecule has 0 saturated carbocycles. The molecule has 170 valence electrons. The van der Waals surface area contributed by atoms with E-state index in [4.69, 9.17) is 9.47 Å². The van der Waals surface area contributed by atoms with E-state index in [0.29, 0.717) is 23.8 Å². The zero-order valence-corrected chi connectivity index (χ0v) is 18.7. The smallest absolute Gasteiger partial charge is 0.240 e. The lowest BCUT2D eigenvalue weighted by Gasteiger charge is -2.27. The Labute approximate surface area is 192 Å². The third-order valence-electron chi connectivity index (χ3n) is 5.90. The molecule has 3 aromatic carbocycles. The van der Waals surface area contributed by atoms with Gasteiger partial charge in [0.25, 0.3) is 0 Å².